The molecule has 16 heavy (non-hydrogen) atoms. The van der Waals surface area contributed by atoms with Crippen LogP contribution in [-0.2, 0) is 24.1 Å². The summed E-state index contributed by atoms with van der Waals surface area (Å²) in [7, 11) is 0. The van der Waals surface area contributed by atoms with Gasteiger partial charge in [-0.25, -0.2) is 0 Å². The highest BCUT2D eigenvalue weighted by atomic mass is 16.4. The van der Waals surface area contributed by atoms with Crippen molar-refractivity contribution >= 4 is 5.97 Å². The van der Waals surface area contributed by atoms with E-state index >= 15 is 0 Å². The van der Waals surface area contributed by atoms with Crippen LogP contribution in [0, 0.1) is 5.92 Å². The van der Waals surface area contributed by atoms with Gasteiger partial charge in [0.15, 0.2) is 0 Å². The average Bonchev–Trinajstić information content (AvgIpc) is 2.56. The molecule has 0 fully saturated rings. The number of H-pyrrole nitrogens is 1. The largest absolute Gasteiger partial charge is 0.481 e. The number of aromatic nitrogens is 2. The Bertz CT molecular complexity index is 356. The summed E-state index contributed by atoms with van der Waals surface area (Å²) in [6.45, 7) is 6.33. The van der Waals surface area contributed by atoms with Gasteiger partial charge in [0, 0.05) is 12.1 Å². The lowest BCUT2D eigenvalue weighted by molar-refractivity contribution is -0.136. The van der Waals surface area contributed by atoms with Crippen LogP contribution in [0.3, 0.4) is 0 Å². The summed E-state index contributed by atoms with van der Waals surface area (Å²) in [5.74, 6) is -0.201. The highest BCUT2D eigenvalue weighted by Crippen LogP contribution is 2.17. The second-order valence-corrected chi connectivity index (χ2v) is 4.47. The summed E-state index contributed by atoms with van der Waals surface area (Å²) in [5.41, 5.74) is 3.23. The lowest BCUT2D eigenvalue weighted by Gasteiger charge is -2.06. The highest BCUT2D eigenvalue weighted by molar-refractivity contribution is 5.67. The number of aromatic amines is 1. The number of hydrogen-bond donors (Lipinski definition) is 2. The van der Waals surface area contributed by atoms with E-state index in [2.05, 4.69) is 24.0 Å². The van der Waals surface area contributed by atoms with Crippen LogP contribution in [0.1, 0.15) is 44.1 Å². The van der Waals surface area contributed by atoms with Gasteiger partial charge in [-0.2, -0.15) is 5.10 Å². The van der Waals surface area contributed by atoms with Gasteiger partial charge in [-0.05, 0) is 30.7 Å². The van der Waals surface area contributed by atoms with E-state index in [0.29, 0.717) is 12.3 Å². The number of carbonyl (C=O) groups is 1. The van der Waals surface area contributed by atoms with E-state index in [0.717, 1.165) is 29.8 Å². The molecule has 0 saturated heterocycles. The molecule has 0 unspecified atom stereocenters. The SMILES string of the molecule is CCc1n[nH]c(CC(C)C)c1CCC(=O)O. The zero-order valence-corrected chi connectivity index (χ0v) is 10.2. The van der Waals surface area contributed by atoms with Gasteiger partial charge in [-0.3, -0.25) is 9.89 Å². The zero-order valence-electron chi connectivity index (χ0n) is 10.2. The van der Waals surface area contributed by atoms with Crippen LogP contribution in [0.4, 0.5) is 0 Å². The number of rotatable bonds is 6. The first-order valence-electron chi connectivity index (χ1n) is 5.81. The second kappa shape index (κ2) is 5.68. The van der Waals surface area contributed by atoms with Crippen molar-refractivity contribution in [3.8, 4) is 0 Å². The fraction of sp³-hybridized carbons (Fsp3) is 0.667. The van der Waals surface area contributed by atoms with E-state index < -0.39 is 5.97 Å². The number of carboxylic acid groups (broad SMARTS) is 1. The second-order valence-electron chi connectivity index (χ2n) is 4.47. The number of aryl methyl sites for hydroxylation is 1. The smallest absolute Gasteiger partial charge is 0.303 e. The molecule has 0 amide bonds. The quantitative estimate of drug-likeness (QED) is 0.778. The Morgan fingerprint density at radius 2 is 2.19 bits per heavy atom. The van der Waals surface area contributed by atoms with Gasteiger partial charge in [0.1, 0.15) is 0 Å². The summed E-state index contributed by atoms with van der Waals surface area (Å²) in [6.07, 6.45) is 2.54. The van der Waals surface area contributed by atoms with Crippen molar-refractivity contribution in [2.45, 2.75) is 46.5 Å². The molecule has 0 aliphatic rings. The molecule has 0 aromatic carbocycles. The molecule has 4 heteroatoms. The van der Waals surface area contributed by atoms with Crippen molar-refractivity contribution in [2.24, 2.45) is 5.92 Å². The van der Waals surface area contributed by atoms with Crippen LogP contribution >= 0.6 is 0 Å². The normalized spacial score (nSPS) is 11.0. The highest BCUT2D eigenvalue weighted by Gasteiger charge is 2.13. The van der Waals surface area contributed by atoms with E-state index in [4.69, 9.17) is 5.11 Å². The predicted octanol–water partition coefficient (Wildman–Crippen LogP) is 2.19. The molecule has 90 valence electrons. The van der Waals surface area contributed by atoms with Gasteiger partial charge in [-0.1, -0.05) is 20.8 Å². The van der Waals surface area contributed by atoms with Gasteiger partial charge in [0.05, 0.1) is 5.69 Å². The molecular weight excluding hydrogens is 204 g/mol. The third-order valence-electron chi connectivity index (χ3n) is 2.57. The average molecular weight is 224 g/mol. The molecule has 0 aliphatic carbocycles. The fourth-order valence-corrected chi connectivity index (χ4v) is 1.84. The van der Waals surface area contributed by atoms with Crippen molar-refractivity contribution in [3.63, 3.8) is 0 Å². The molecule has 0 spiro atoms. The van der Waals surface area contributed by atoms with Gasteiger partial charge in [0.2, 0.25) is 0 Å². The number of hydrogen-bond acceptors (Lipinski definition) is 2. The Kier molecular flexibility index (Phi) is 4.52. The monoisotopic (exact) mass is 224 g/mol. The minimum absolute atomic E-state index is 0.178. The molecule has 0 atom stereocenters. The van der Waals surface area contributed by atoms with E-state index in [1.54, 1.807) is 0 Å². The Labute approximate surface area is 96.1 Å². The van der Waals surface area contributed by atoms with Crippen LogP contribution in [0.15, 0.2) is 0 Å². The van der Waals surface area contributed by atoms with Gasteiger partial charge in [-0.15, -0.1) is 0 Å². The van der Waals surface area contributed by atoms with E-state index in [1.807, 2.05) is 6.92 Å². The number of nitrogens with zero attached hydrogens (tertiary/aromatic N) is 1. The standard InChI is InChI=1S/C12H20N2O2/c1-4-10-9(5-6-12(15)16)11(14-13-10)7-8(2)3/h8H,4-7H2,1-3H3,(H,13,14)(H,15,16). The third kappa shape index (κ3) is 3.36. The minimum Gasteiger partial charge on any atom is -0.481 e. The van der Waals surface area contributed by atoms with E-state index in [1.165, 1.54) is 0 Å². The Morgan fingerprint density at radius 3 is 2.69 bits per heavy atom. The number of nitrogens with one attached hydrogen (secondary N) is 1. The molecule has 1 heterocycles. The van der Waals surface area contributed by atoms with Crippen molar-refractivity contribution < 1.29 is 9.90 Å². The summed E-state index contributed by atoms with van der Waals surface area (Å²) < 4.78 is 0. The van der Waals surface area contributed by atoms with Crippen molar-refractivity contribution in [1.82, 2.24) is 10.2 Å². The summed E-state index contributed by atoms with van der Waals surface area (Å²) >= 11 is 0. The Hall–Kier alpha value is -1.32. The minimum atomic E-state index is -0.751. The number of carboxylic acids is 1. The van der Waals surface area contributed by atoms with Crippen molar-refractivity contribution in [2.75, 3.05) is 0 Å². The van der Waals surface area contributed by atoms with Crippen LogP contribution in [0.25, 0.3) is 0 Å². The molecule has 0 saturated carbocycles. The summed E-state index contributed by atoms with van der Waals surface area (Å²) in [5, 5.41) is 16.0. The summed E-state index contributed by atoms with van der Waals surface area (Å²) in [4.78, 5) is 10.6. The molecular formula is C12H20N2O2. The maximum Gasteiger partial charge on any atom is 0.303 e. The van der Waals surface area contributed by atoms with E-state index in [9.17, 15) is 4.79 Å². The van der Waals surface area contributed by atoms with Crippen molar-refractivity contribution in [3.05, 3.63) is 17.0 Å². The first-order valence-corrected chi connectivity index (χ1v) is 5.81. The van der Waals surface area contributed by atoms with Crippen LogP contribution < -0.4 is 0 Å². The van der Waals surface area contributed by atoms with Gasteiger partial charge >= 0.3 is 5.97 Å². The van der Waals surface area contributed by atoms with Crippen LogP contribution in [0.2, 0.25) is 0 Å². The molecule has 1 aromatic rings. The molecule has 0 radical (unpaired) electrons. The molecule has 4 nitrogen and oxygen atoms in total. The molecule has 0 aliphatic heterocycles. The first-order chi connectivity index (χ1) is 7.54. The molecule has 0 bridgehead atoms. The zero-order chi connectivity index (χ0) is 12.1. The topological polar surface area (TPSA) is 66.0 Å². The maximum atomic E-state index is 10.6. The maximum absolute atomic E-state index is 10.6. The van der Waals surface area contributed by atoms with Gasteiger partial charge < -0.3 is 5.11 Å². The molecule has 1 rings (SSSR count). The van der Waals surface area contributed by atoms with Crippen LogP contribution in [-0.4, -0.2) is 21.3 Å². The van der Waals surface area contributed by atoms with E-state index in [-0.39, 0.29) is 6.42 Å². The van der Waals surface area contributed by atoms with Crippen LogP contribution in [0.5, 0.6) is 0 Å². The summed E-state index contributed by atoms with van der Waals surface area (Å²) in [6, 6.07) is 0. The lowest BCUT2D eigenvalue weighted by atomic mass is 9.99. The number of aliphatic carboxylic acids is 1. The fourth-order valence-electron chi connectivity index (χ4n) is 1.84. The van der Waals surface area contributed by atoms with Gasteiger partial charge in [0.25, 0.3) is 0 Å². The Balaban J connectivity index is 2.83. The first kappa shape index (κ1) is 12.7. The molecule has 2 N–H and O–H groups in total. The predicted molar refractivity (Wildman–Crippen MR) is 62.5 cm³/mol. The lowest BCUT2D eigenvalue weighted by Crippen LogP contribution is -2.03. The third-order valence-corrected chi connectivity index (χ3v) is 2.57. The molecule has 1 aromatic heterocycles. The Morgan fingerprint density at radius 1 is 1.50 bits per heavy atom. The van der Waals surface area contributed by atoms with Crippen molar-refractivity contribution in [1.29, 1.82) is 0 Å².